The van der Waals surface area contributed by atoms with Gasteiger partial charge < -0.3 is 10.6 Å². The quantitative estimate of drug-likeness (QED) is 0.725. The Morgan fingerprint density at radius 1 is 1.12 bits per heavy atom. The molecule has 1 aromatic carbocycles. The normalized spacial score (nSPS) is 11.6. The fraction of sp³-hybridized carbons (Fsp3) is 0.158. The van der Waals surface area contributed by atoms with E-state index in [2.05, 4.69) is 25.6 Å². The molecule has 0 saturated carbocycles. The summed E-state index contributed by atoms with van der Waals surface area (Å²) < 4.78 is 0. The maximum Gasteiger partial charge on any atom is 0.270 e. The van der Waals surface area contributed by atoms with Gasteiger partial charge in [-0.05, 0) is 24.1 Å². The number of amides is 1. The lowest BCUT2D eigenvalue weighted by atomic mass is 10.1. The number of rotatable bonds is 6. The van der Waals surface area contributed by atoms with Gasteiger partial charge in [0, 0.05) is 25.0 Å². The summed E-state index contributed by atoms with van der Waals surface area (Å²) in [6, 6.07) is 15.2. The molecule has 0 aliphatic carbocycles. The number of benzene rings is 1. The molecule has 0 spiro atoms. The zero-order chi connectivity index (χ0) is 17.5. The minimum atomic E-state index is -0.233. The van der Waals surface area contributed by atoms with Gasteiger partial charge in [-0.25, -0.2) is 9.97 Å². The first-order valence-electron chi connectivity index (χ1n) is 8.03. The van der Waals surface area contributed by atoms with E-state index in [1.807, 2.05) is 49.4 Å². The molecule has 3 aromatic rings. The first-order valence-corrected chi connectivity index (χ1v) is 8.03. The predicted octanol–water partition coefficient (Wildman–Crippen LogP) is 2.97. The zero-order valence-corrected chi connectivity index (χ0v) is 13.9. The Balaban J connectivity index is 1.63. The number of pyridine rings is 1. The van der Waals surface area contributed by atoms with Crippen molar-refractivity contribution in [2.24, 2.45) is 0 Å². The SMILES string of the molecule is CC(NC(=O)c1cc(NCc2cccnc2)ncn1)c1ccccc1. The molecule has 2 heterocycles. The number of carbonyl (C=O) groups is 1. The summed E-state index contributed by atoms with van der Waals surface area (Å²) in [5, 5.41) is 6.12. The monoisotopic (exact) mass is 333 g/mol. The van der Waals surface area contributed by atoms with Crippen LogP contribution in [0.4, 0.5) is 5.82 Å². The van der Waals surface area contributed by atoms with E-state index in [9.17, 15) is 4.79 Å². The van der Waals surface area contributed by atoms with Gasteiger partial charge in [0.2, 0.25) is 0 Å². The van der Waals surface area contributed by atoms with Gasteiger partial charge in [-0.15, -0.1) is 0 Å². The fourth-order valence-corrected chi connectivity index (χ4v) is 2.37. The first-order chi connectivity index (χ1) is 12.2. The van der Waals surface area contributed by atoms with Crippen LogP contribution in [0, 0.1) is 0 Å². The van der Waals surface area contributed by atoms with Gasteiger partial charge >= 0.3 is 0 Å². The molecule has 126 valence electrons. The average Bonchev–Trinajstić information content (AvgIpc) is 2.68. The van der Waals surface area contributed by atoms with E-state index in [0.29, 0.717) is 18.1 Å². The van der Waals surface area contributed by atoms with Crippen LogP contribution in [0.3, 0.4) is 0 Å². The lowest BCUT2D eigenvalue weighted by molar-refractivity contribution is 0.0934. The Morgan fingerprint density at radius 2 is 1.96 bits per heavy atom. The third-order valence-corrected chi connectivity index (χ3v) is 3.74. The molecule has 0 aliphatic rings. The Hall–Kier alpha value is -3.28. The third-order valence-electron chi connectivity index (χ3n) is 3.74. The third kappa shape index (κ3) is 4.60. The number of aromatic nitrogens is 3. The van der Waals surface area contributed by atoms with Gasteiger partial charge in [0.15, 0.2) is 0 Å². The molecule has 2 aromatic heterocycles. The highest BCUT2D eigenvalue weighted by Gasteiger charge is 2.13. The van der Waals surface area contributed by atoms with Crippen LogP contribution in [0.2, 0.25) is 0 Å². The standard InChI is InChI=1S/C19H19N5O/c1-14(16-7-3-2-4-8-16)24-19(25)17-10-18(23-13-22-17)21-12-15-6-5-9-20-11-15/h2-11,13-14H,12H2,1H3,(H,24,25)(H,21,22,23). The minimum absolute atomic E-state index is 0.101. The molecule has 1 atom stereocenters. The molecule has 2 N–H and O–H groups in total. The van der Waals surface area contributed by atoms with Crippen molar-refractivity contribution in [3.8, 4) is 0 Å². The van der Waals surface area contributed by atoms with Crippen molar-refractivity contribution in [1.82, 2.24) is 20.3 Å². The highest BCUT2D eigenvalue weighted by atomic mass is 16.1. The first kappa shape index (κ1) is 16.6. The fourth-order valence-electron chi connectivity index (χ4n) is 2.37. The molecule has 25 heavy (non-hydrogen) atoms. The molecule has 0 saturated heterocycles. The van der Waals surface area contributed by atoms with Crippen molar-refractivity contribution < 1.29 is 4.79 Å². The van der Waals surface area contributed by atoms with Crippen LogP contribution in [-0.4, -0.2) is 20.9 Å². The summed E-state index contributed by atoms with van der Waals surface area (Å²) in [4.78, 5) is 24.7. The molecular formula is C19H19N5O. The van der Waals surface area contributed by atoms with Gasteiger partial charge in [-0.3, -0.25) is 9.78 Å². The number of nitrogens with one attached hydrogen (secondary N) is 2. The van der Waals surface area contributed by atoms with Crippen LogP contribution in [-0.2, 0) is 6.54 Å². The average molecular weight is 333 g/mol. The minimum Gasteiger partial charge on any atom is -0.366 e. The van der Waals surface area contributed by atoms with Gasteiger partial charge in [0.05, 0.1) is 6.04 Å². The topological polar surface area (TPSA) is 79.8 Å². The van der Waals surface area contributed by atoms with E-state index < -0.39 is 0 Å². The largest absolute Gasteiger partial charge is 0.366 e. The van der Waals surface area contributed by atoms with E-state index >= 15 is 0 Å². The smallest absolute Gasteiger partial charge is 0.270 e. The predicted molar refractivity (Wildman–Crippen MR) is 95.9 cm³/mol. The van der Waals surface area contributed by atoms with Crippen molar-refractivity contribution in [3.05, 3.63) is 84.1 Å². The Morgan fingerprint density at radius 3 is 2.72 bits per heavy atom. The van der Waals surface area contributed by atoms with E-state index in [-0.39, 0.29) is 11.9 Å². The van der Waals surface area contributed by atoms with Crippen molar-refractivity contribution in [3.63, 3.8) is 0 Å². The lowest BCUT2D eigenvalue weighted by Crippen LogP contribution is -2.27. The lowest BCUT2D eigenvalue weighted by Gasteiger charge is -2.14. The van der Waals surface area contributed by atoms with Crippen molar-refractivity contribution in [2.75, 3.05) is 5.32 Å². The van der Waals surface area contributed by atoms with Crippen molar-refractivity contribution >= 4 is 11.7 Å². The molecule has 6 heteroatoms. The summed E-state index contributed by atoms with van der Waals surface area (Å²) in [7, 11) is 0. The van der Waals surface area contributed by atoms with E-state index in [1.54, 1.807) is 18.5 Å². The molecule has 0 radical (unpaired) electrons. The molecule has 6 nitrogen and oxygen atoms in total. The maximum absolute atomic E-state index is 12.4. The van der Waals surface area contributed by atoms with Crippen LogP contribution < -0.4 is 10.6 Å². The molecule has 1 unspecified atom stereocenters. The summed E-state index contributed by atoms with van der Waals surface area (Å²) in [6.45, 7) is 2.52. The van der Waals surface area contributed by atoms with Crippen LogP contribution in [0.15, 0.2) is 67.3 Å². The van der Waals surface area contributed by atoms with Crippen LogP contribution >= 0.6 is 0 Å². The van der Waals surface area contributed by atoms with Crippen molar-refractivity contribution in [2.45, 2.75) is 19.5 Å². The van der Waals surface area contributed by atoms with Crippen LogP contribution in [0.1, 0.15) is 34.6 Å². The summed E-state index contributed by atoms with van der Waals surface area (Å²) >= 11 is 0. The Bertz CT molecular complexity index is 823. The molecule has 0 fully saturated rings. The van der Waals surface area contributed by atoms with Crippen LogP contribution in [0.5, 0.6) is 0 Å². The van der Waals surface area contributed by atoms with Gasteiger partial charge in [0.25, 0.3) is 5.91 Å². The Kier molecular flexibility index (Phi) is 5.31. The number of hydrogen-bond acceptors (Lipinski definition) is 5. The van der Waals surface area contributed by atoms with Gasteiger partial charge in [-0.1, -0.05) is 36.4 Å². The van der Waals surface area contributed by atoms with Crippen molar-refractivity contribution in [1.29, 1.82) is 0 Å². The second-order valence-corrected chi connectivity index (χ2v) is 5.61. The highest BCUT2D eigenvalue weighted by molar-refractivity contribution is 5.93. The molecule has 1 amide bonds. The molecule has 0 aliphatic heterocycles. The molecule has 0 bridgehead atoms. The summed E-state index contributed by atoms with van der Waals surface area (Å²) in [5.74, 6) is 0.361. The highest BCUT2D eigenvalue weighted by Crippen LogP contribution is 2.13. The maximum atomic E-state index is 12.4. The van der Waals surface area contributed by atoms with Gasteiger partial charge in [0.1, 0.15) is 17.8 Å². The second kappa shape index (κ2) is 8.01. The summed E-state index contributed by atoms with van der Waals surface area (Å²) in [6.07, 6.45) is 4.89. The van der Waals surface area contributed by atoms with Crippen LogP contribution in [0.25, 0.3) is 0 Å². The number of anilines is 1. The number of nitrogens with zero attached hydrogens (tertiary/aromatic N) is 3. The molecular weight excluding hydrogens is 314 g/mol. The second-order valence-electron chi connectivity index (χ2n) is 5.61. The van der Waals surface area contributed by atoms with E-state index in [1.165, 1.54) is 6.33 Å². The zero-order valence-electron chi connectivity index (χ0n) is 13.9. The Labute approximate surface area is 146 Å². The van der Waals surface area contributed by atoms with Gasteiger partial charge in [-0.2, -0.15) is 0 Å². The van der Waals surface area contributed by atoms with E-state index in [4.69, 9.17) is 0 Å². The molecule has 3 rings (SSSR count). The summed E-state index contributed by atoms with van der Waals surface area (Å²) in [5.41, 5.74) is 2.40. The van der Waals surface area contributed by atoms with E-state index in [0.717, 1.165) is 11.1 Å². The number of carbonyl (C=O) groups excluding carboxylic acids is 1. The number of hydrogen-bond donors (Lipinski definition) is 2.